The highest BCUT2D eigenvalue weighted by atomic mass is 35.5. The van der Waals surface area contributed by atoms with Gasteiger partial charge in [0.05, 0.1) is 31.9 Å². The van der Waals surface area contributed by atoms with E-state index in [1.165, 1.54) is 0 Å². The normalized spacial score (nSPS) is 12.6. The first-order valence-corrected chi connectivity index (χ1v) is 12.4. The van der Waals surface area contributed by atoms with Crippen LogP contribution in [0.1, 0.15) is 72.1 Å². The molecule has 0 aliphatic rings. The third-order valence-electron chi connectivity index (χ3n) is 4.00. The van der Waals surface area contributed by atoms with Crippen molar-refractivity contribution in [1.29, 1.82) is 0 Å². The van der Waals surface area contributed by atoms with Crippen LogP contribution >= 0.6 is 19.2 Å². The second-order valence-electron chi connectivity index (χ2n) is 6.55. The summed E-state index contributed by atoms with van der Waals surface area (Å²) in [6.07, 6.45) is 4.90. The van der Waals surface area contributed by atoms with Crippen LogP contribution in [0.4, 0.5) is 0 Å². The molecule has 0 fully saturated rings. The molecular weight excluding hydrogens is 407 g/mol. The molecule has 0 spiro atoms. The Morgan fingerprint density at radius 3 is 1.93 bits per heavy atom. The van der Waals surface area contributed by atoms with Gasteiger partial charge in [-0.15, -0.1) is 0 Å². The van der Waals surface area contributed by atoms with Gasteiger partial charge in [-0.05, 0) is 25.7 Å². The summed E-state index contributed by atoms with van der Waals surface area (Å²) >= 11 is 5.39. The predicted molar refractivity (Wildman–Crippen MR) is 110 cm³/mol. The molecule has 0 saturated carbocycles. The van der Waals surface area contributed by atoms with E-state index in [0.29, 0.717) is 13.2 Å². The zero-order chi connectivity index (χ0) is 21.3. The maximum atomic E-state index is 13.2. The first kappa shape index (κ1) is 27.4. The summed E-state index contributed by atoms with van der Waals surface area (Å²) in [5.74, 6) is -1.78. The fraction of sp³-hybridized carbons (Fsp3) is 0.895. The van der Waals surface area contributed by atoms with Crippen LogP contribution in [0, 0.1) is 5.92 Å². The SMILES string of the molecule is CCCCOC(=O)C(CCC(=O)OCCl)CP(=O)(OCCCC)OCCCC. The number of esters is 2. The molecule has 166 valence electrons. The van der Waals surface area contributed by atoms with Crippen LogP contribution in [-0.4, -0.2) is 44.0 Å². The van der Waals surface area contributed by atoms with Crippen molar-refractivity contribution in [3.05, 3.63) is 0 Å². The van der Waals surface area contributed by atoms with Crippen LogP contribution in [0.3, 0.4) is 0 Å². The van der Waals surface area contributed by atoms with Crippen molar-refractivity contribution in [2.75, 3.05) is 32.0 Å². The Morgan fingerprint density at radius 2 is 1.43 bits per heavy atom. The standard InChI is InChI=1S/C19H36ClO7P/c1-4-7-12-24-19(22)17(10-11-18(21)25-16-20)15-28(23,26-13-8-5-2)27-14-9-6-3/h17H,4-16H2,1-3H3. The molecule has 0 aliphatic heterocycles. The quantitative estimate of drug-likeness (QED) is 0.123. The van der Waals surface area contributed by atoms with Crippen molar-refractivity contribution in [2.45, 2.75) is 72.1 Å². The van der Waals surface area contributed by atoms with Gasteiger partial charge in [-0.2, -0.15) is 0 Å². The van der Waals surface area contributed by atoms with Crippen molar-refractivity contribution < 1.29 is 32.7 Å². The van der Waals surface area contributed by atoms with E-state index in [1.54, 1.807) is 0 Å². The summed E-state index contributed by atoms with van der Waals surface area (Å²) in [7, 11) is -3.48. The Morgan fingerprint density at radius 1 is 0.893 bits per heavy atom. The van der Waals surface area contributed by atoms with Crippen molar-refractivity contribution in [1.82, 2.24) is 0 Å². The molecule has 0 amide bonds. The highest BCUT2D eigenvalue weighted by Gasteiger charge is 2.34. The monoisotopic (exact) mass is 442 g/mol. The Kier molecular flexibility index (Phi) is 16.9. The maximum absolute atomic E-state index is 13.2. The minimum absolute atomic E-state index is 0.0236. The zero-order valence-corrected chi connectivity index (χ0v) is 19.1. The molecule has 0 N–H and O–H groups in total. The number of alkyl halides is 1. The van der Waals surface area contributed by atoms with E-state index in [4.69, 9.17) is 30.1 Å². The number of carbonyl (C=O) groups excluding carboxylic acids is 2. The van der Waals surface area contributed by atoms with E-state index < -0.39 is 25.5 Å². The Balaban J connectivity index is 5.09. The van der Waals surface area contributed by atoms with Gasteiger partial charge in [0.15, 0.2) is 6.07 Å². The highest BCUT2D eigenvalue weighted by molar-refractivity contribution is 7.53. The van der Waals surface area contributed by atoms with Gasteiger partial charge in [0.1, 0.15) is 0 Å². The van der Waals surface area contributed by atoms with Crippen molar-refractivity contribution >= 4 is 31.1 Å². The van der Waals surface area contributed by atoms with E-state index >= 15 is 0 Å². The van der Waals surface area contributed by atoms with Crippen molar-refractivity contribution in [3.8, 4) is 0 Å². The molecule has 0 bridgehead atoms. The van der Waals surface area contributed by atoms with E-state index in [1.807, 2.05) is 20.8 Å². The Labute approximate surface area is 174 Å². The smallest absolute Gasteiger partial charge is 0.331 e. The second-order valence-corrected chi connectivity index (χ2v) is 8.87. The van der Waals surface area contributed by atoms with Crippen LogP contribution in [-0.2, 0) is 32.7 Å². The van der Waals surface area contributed by atoms with E-state index in [2.05, 4.69) is 0 Å². The molecule has 0 rings (SSSR count). The second kappa shape index (κ2) is 17.3. The Hall–Kier alpha value is -0.620. The van der Waals surface area contributed by atoms with Gasteiger partial charge in [0.25, 0.3) is 0 Å². The van der Waals surface area contributed by atoms with Crippen molar-refractivity contribution in [2.24, 2.45) is 5.92 Å². The lowest BCUT2D eigenvalue weighted by Gasteiger charge is -2.23. The number of unbranched alkanes of at least 4 members (excludes halogenated alkanes) is 3. The average Bonchev–Trinajstić information content (AvgIpc) is 2.66. The third-order valence-corrected chi connectivity index (χ3v) is 6.15. The van der Waals surface area contributed by atoms with E-state index in [-0.39, 0.29) is 31.7 Å². The lowest BCUT2D eigenvalue weighted by atomic mass is 10.1. The first-order valence-electron chi connectivity index (χ1n) is 10.2. The van der Waals surface area contributed by atoms with Gasteiger partial charge in [0, 0.05) is 6.42 Å². The molecule has 1 atom stereocenters. The molecule has 7 nitrogen and oxygen atoms in total. The average molecular weight is 443 g/mol. The van der Waals surface area contributed by atoms with Gasteiger partial charge < -0.3 is 18.5 Å². The molecule has 1 unspecified atom stereocenters. The lowest BCUT2D eigenvalue weighted by Crippen LogP contribution is -2.24. The predicted octanol–water partition coefficient (Wildman–Crippen LogP) is 5.29. The minimum Gasteiger partial charge on any atom is -0.465 e. The molecule has 28 heavy (non-hydrogen) atoms. The highest BCUT2D eigenvalue weighted by Crippen LogP contribution is 2.51. The summed E-state index contributed by atoms with van der Waals surface area (Å²) in [6.45, 7) is 6.88. The van der Waals surface area contributed by atoms with Crippen molar-refractivity contribution in [3.63, 3.8) is 0 Å². The largest absolute Gasteiger partial charge is 0.465 e. The zero-order valence-electron chi connectivity index (χ0n) is 17.5. The number of hydrogen-bond acceptors (Lipinski definition) is 7. The summed E-state index contributed by atoms with van der Waals surface area (Å²) in [6, 6.07) is -0.247. The number of halogens is 1. The molecule has 0 heterocycles. The van der Waals surface area contributed by atoms with Crippen LogP contribution in [0.15, 0.2) is 0 Å². The van der Waals surface area contributed by atoms with Gasteiger partial charge in [-0.3, -0.25) is 14.2 Å². The summed E-state index contributed by atoms with van der Waals surface area (Å²) in [5.41, 5.74) is 0. The lowest BCUT2D eigenvalue weighted by molar-refractivity contribution is -0.149. The number of ether oxygens (including phenoxy) is 2. The third kappa shape index (κ3) is 13.5. The topological polar surface area (TPSA) is 88.1 Å². The summed E-state index contributed by atoms with van der Waals surface area (Å²) in [4.78, 5) is 24.1. The number of rotatable bonds is 18. The van der Waals surface area contributed by atoms with Crippen LogP contribution in [0.25, 0.3) is 0 Å². The number of carbonyl (C=O) groups is 2. The fourth-order valence-electron chi connectivity index (χ4n) is 2.25. The fourth-order valence-corrected chi connectivity index (χ4v) is 4.35. The first-order chi connectivity index (χ1) is 13.4. The minimum atomic E-state index is -3.48. The van der Waals surface area contributed by atoms with Crippen LogP contribution in [0.5, 0.6) is 0 Å². The molecular formula is C19H36ClO7P. The van der Waals surface area contributed by atoms with Gasteiger partial charge in [-0.1, -0.05) is 51.6 Å². The van der Waals surface area contributed by atoms with Gasteiger partial charge in [0.2, 0.25) is 0 Å². The molecule has 0 radical (unpaired) electrons. The summed E-state index contributed by atoms with van der Waals surface area (Å²) in [5, 5.41) is 0. The summed E-state index contributed by atoms with van der Waals surface area (Å²) < 4.78 is 34.3. The maximum Gasteiger partial charge on any atom is 0.331 e. The van der Waals surface area contributed by atoms with E-state index in [9.17, 15) is 14.2 Å². The molecule has 0 aromatic heterocycles. The van der Waals surface area contributed by atoms with Crippen LogP contribution < -0.4 is 0 Å². The van der Waals surface area contributed by atoms with Gasteiger partial charge >= 0.3 is 19.5 Å². The van der Waals surface area contributed by atoms with E-state index in [0.717, 1.165) is 38.5 Å². The molecule has 0 aromatic carbocycles. The van der Waals surface area contributed by atoms with Gasteiger partial charge in [-0.25, -0.2) is 0 Å². The molecule has 0 saturated heterocycles. The Bertz CT molecular complexity index is 459. The number of hydrogen-bond donors (Lipinski definition) is 0. The molecule has 9 heteroatoms. The molecule has 0 aliphatic carbocycles. The molecule has 0 aromatic rings. The van der Waals surface area contributed by atoms with Crippen LogP contribution in [0.2, 0.25) is 0 Å².